The Morgan fingerprint density at radius 2 is 1.71 bits per heavy atom. The third-order valence-electron chi connectivity index (χ3n) is 5.34. The largest absolute Gasteiger partial charge is 0.451 e. The van der Waals surface area contributed by atoms with E-state index in [1.165, 1.54) is 18.2 Å². The summed E-state index contributed by atoms with van der Waals surface area (Å²) in [7, 11) is 0. The second-order valence-electron chi connectivity index (χ2n) is 8.19. The Kier molecular flexibility index (Phi) is 7.06. The Morgan fingerprint density at radius 1 is 1.06 bits per heavy atom. The van der Waals surface area contributed by atoms with Crippen LogP contribution in [-0.4, -0.2) is 44.0 Å². The van der Waals surface area contributed by atoms with Crippen molar-refractivity contribution < 1.29 is 31.1 Å². The fourth-order valence-corrected chi connectivity index (χ4v) is 4.41. The zero-order valence-corrected chi connectivity index (χ0v) is 19.5. The number of nitrogens with one attached hydrogen (secondary N) is 1. The van der Waals surface area contributed by atoms with Gasteiger partial charge in [-0.2, -0.15) is 13.2 Å². The molecule has 0 radical (unpaired) electrons. The van der Waals surface area contributed by atoms with E-state index < -0.39 is 29.1 Å². The van der Waals surface area contributed by atoms with Gasteiger partial charge in [-0.25, -0.2) is 18.6 Å². The Hall–Kier alpha value is -3.09. The molecule has 3 atom stereocenters. The number of nitrogens with zero attached hydrogens (tertiary/aromatic N) is 3. The lowest BCUT2D eigenvalue weighted by molar-refractivity contribution is -0.144. The number of alkyl halides is 3. The number of hydrogen-bond donors (Lipinski definition) is 2. The lowest BCUT2D eigenvalue weighted by Gasteiger charge is -2.37. The van der Waals surface area contributed by atoms with E-state index in [4.69, 9.17) is 4.74 Å². The summed E-state index contributed by atoms with van der Waals surface area (Å²) in [5, 5.41) is 0. The van der Waals surface area contributed by atoms with Crippen molar-refractivity contribution >= 4 is 22.8 Å². The molecule has 12 heteroatoms. The van der Waals surface area contributed by atoms with Crippen LogP contribution in [0.4, 0.5) is 29.1 Å². The molecule has 0 spiro atoms. The molecule has 0 aliphatic carbocycles. The maximum atomic E-state index is 13.9. The molecule has 2 aromatic carbocycles. The quantitative estimate of drug-likeness (QED) is 0.366. The molecule has 7 nitrogen and oxygen atoms in total. The molecule has 1 aromatic heterocycles. The SMILES string of the molecule is CC1CN(c2nc(C(F)(F)F)nc(-c3ccc(F)cc3)c2-c2cccc(NS(=O)O)c2)CC(C)O1. The van der Waals surface area contributed by atoms with Gasteiger partial charge in [-0.05, 0) is 55.8 Å². The first-order valence-electron chi connectivity index (χ1n) is 10.6. The van der Waals surface area contributed by atoms with Gasteiger partial charge in [-0.1, -0.05) is 12.1 Å². The maximum Gasteiger partial charge on any atom is 0.451 e. The van der Waals surface area contributed by atoms with Crippen molar-refractivity contribution in [2.45, 2.75) is 32.2 Å². The van der Waals surface area contributed by atoms with Gasteiger partial charge in [-0.3, -0.25) is 9.27 Å². The smallest absolute Gasteiger partial charge is 0.372 e. The van der Waals surface area contributed by atoms with E-state index in [-0.39, 0.29) is 53.6 Å². The minimum Gasteiger partial charge on any atom is -0.372 e. The fourth-order valence-electron chi connectivity index (χ4n) is 4.08. The van der Waals surface area contributed by atoms with Gasteiger partial charge < -0.3 is 9.64 Å². The standard InChI is InChI=1S/C23H22F4N4O3S/c1-13-11-31(12-14(2)34-13)21-19(16-4-3-5-18(10-16)30-35(32)33)20(15-6-8-17(24)9-7-15)28-22(29-21)23(25,26)27/h3-10,13-14,30H,11-12H2,1-2H3,(H,32,33). The monoisotopic (exact) mass is 510 g/mol. The number of aromatic nitrogens is 2. The number of ether oxygens (including phenoxy) is 1. The van der Waals surface area contributed by atoms with Gasteiger partial charge in [0.1, 0.15) is 11.6 Å². The van der Waals surface area contributed by atoms with E-state index >= 15 is 0 Å². The van der Waals surface area contributed by atoms with Crippen LogP contribution in [0, 0.1) is 5.82 Å². The van der Waals surface area contributed by atoms with Crippen molar-refractivity contribution in [2.75, 3.05) is 22.7 Å². The van der Waals surface area contributed by atoms with Gasteiger partial charge in [0.15, 0.2) is 0 Å². The highest BCUT2D eigenvalue weighted by Gasteiger charge is 2.38. The van der Waals surface area contributed by atoms with Gasteiger partial charge in [0.05, 0.1) is 23.5 Å². The number of morpholine rings is 1. The van der Waals surface area contributed by atoms with Gasteiger partial charge in [0.2, 0.25) is 5.82 Å². The Morgan fingerprint density at radius 3 is 2.31 bits per heavy atom. The molecule has 1 fully saturated rings. The van der Waals surface area contributed by atoms with E-state index in [0.29, 0.717) is 5.56 Å². The van der Waals surface area contributed by atoms with Crippen LogP contribution >= 0.6 is 0 Å². The molecular formula is C23H22F4N4O3S. The minimum atomic E-state index is -4.83. The van der Waals surface area contributed by atoms with Crippen LogP contribution in [0.3, 0.4) is 0 Å². The van der Waals surface area contributed by atoms with Crippen LogP contribution in [-0.2, 0) is 22.2 Å². The number of anilines is 2. The summed E-state index contributed by atoms with van der Waals surface area (Å²) in [6, 6.07) is 11.3. The molecule has 0 amide bonds. The van der Waals surface area contributed by atoms with Gasteiger partial charge >= 0.3 is 6.18 Å². The highest BCUT2D eigenvalue weighted by molar-refractivity contribution is 7.80. The van der Waals surface area contributed by atoms with E-state index in [1.807, 2.05) is 13.8 Å². The third kappa shape index (κ3) is 5.77. The molecular weight excluding hydrogens is 488 g/mol. The van der Waals surface area contributed by atoms with Crippen LogP contribution in [0.1, 0.15) is 19.7 Å². The normalized spacial score (nSPS) is 19.5. The van der Waals surface area contributed by atoms with Gasteiger partial charge in [0, 0.05) is 24.3 Å². The summed E-state index contributed by atoms with van der Waals surface area (Å²) < 4.78 is 83.9. The van der Waals surface area contributed by atoms with Gasteiger partial charge in [0.25, 0.3) is 11.3 Å². The maximum absolute atomic E-state index is 13.9. The summed E-state index contributed by atoms with van der Waals surface area (Å²) in [4.78, 5) is 9.51. The van der Waals surface area contributed by atoms with Crippen molar-refractivity contribution in [3.8, 4) is 22.4 Å². The summed E-state index contributed by atoms with van der Waals surface area (Å²) in [5.41, 5.74) is 1.17. The number of rotatable bonds is 5. The van der Waals surface area contributed by atoms with Crippen LogP contribution in [0.25, 0.3) is 22.4 Å². The van der Waals surface area contributed by atoms with Crippen LogP contribution < -0.4 is 9.62 Å². The Balaban J connectivity index is 2.02. The lowest BCUT2D eigenvalue weighted by Crippen LogP contribution is -2.46. The van der Waals surface area contributed by atoms with Crippen molar-refractivity contribution in [2.24, 2.45) is 0 Å². The van der Waals surface area contributed by atoms with Crippen LogP contribution in [0.15, 0.2) is 48.5 Å². The van der Waals surface area contributed by atoms with Crippen LogP contribution in [0.5, 0.6) is 0 Å². The molecule has 3 aromatic rings. The number of hydrogen-bond acceptors (Lipinski definition) is 5. The second-order valence-corrected chi connectivity index (χ2v) is 8.90. The number of halogens is 4. The summed E-state index contributed by atoms with van der Waals surface area (Å²) in [6.45, 7) is 4.20. The molecule has 1 aliphatic rings. The average molecular weight is 511 g/mol. The zero-order valence-electron chi connectivity index (χ0n) is 18.7. The minimum absolute atomic E-state index is 0.0379. The van der Waals surface area contributed by atoms with Crippen molar-refractivity contribution in [3.63, 3.8) is 0 Å². The first-order valence-corrected chi connectivity index (χ1v) is 11.8. The molecule has 186 valence electrons. The first kappa shape index (κ1) is 25.0. The van der Waals surface area contributed by atoms with E-state index in [9.17, 15) is 26.3 Å². The average Bonchev–Trinajstić information content (AvgIpc) is 2.77. The highest BCUT2D eigenvalue weighted by atomic mass is 32.2. The Labute approximate surface area is 201 Å². The lowest BCUT2D eigenvalue weighted by atomic mass is 9.98. The summed E-state index contributed by atoms with van der Waals surface area (Å²) in [5.74, 6) is -1.84. The molecule has 0 bridgehead atoms. The molecule has 2 heterocycles. The van der Waals surface area contributed by atoms with E-state index in [1.54, 1.807) is 23.1 Å². The predicted molar refractivity (Wildman–Crippen MR) is 124 cm³/mol. The number of benzene rings is 2. The molecule has 35 heavy (non-hydrogen) atoms. The molecule has 3 unspecified atom stereocenters. The fraction of sp³-hybridized carbons (Fsp3) is 0.304. The van der Waals surface area contributed by atoms with Crippen molar-refractivity contribution in [1.82, 2.24) is 9.97 Å². The first-order chi connectivity index (χ1) is 16.5. The summed E-state index contributed by atoms with van der Waals surface area (Å²) in [6.07, 6.45) is -5.37. The summed E-state index contributed by atoms with van der Waals surface area (Å²) >= 11 is -2.36. The molecule has 0 saturated carbocycles. The third-order valence-corrected chi connectivity index (χ3v) is 5.75. The molecule has 2 N–H and O–H groups in total. The predicted octanol–water partition coefficient (Wildman–Crippen LogP) is 5.13. The topological polar surface area (TPSA) is 87.6 Å². The van der Waals surface area contributed by atoms with Crippen molar-refractivity contribution in [1.29, 1.82) is 0 Å². The highest BCUT2D eigenvalue weighted by Crippen LogP contribution is 2.41. The van der Waals surface area contributed by atoms with E-state index in [0.717, 1.165) is 12.1 Å². The Bertz CT molecular complexity index is 1230. The van der Waals surface area contributed by atoms with E-state index in [2.05, 4.69) is 14.7 Å². The zero-order chi connectivity index (χ0) is 25.3. The van der Waals surface area contributed by atoms with Crippen molar-refractivity contribution in [3.05, 3.63) is 60.2 Å². The molecule has 4 rings (SSSR count). The van der Waals surface area contributed by atoms with Gasteiger partial charge in [-0.15, -0.1) is 0 Å². The second kappa shape index (κ2) is 9.88. The molecule has 1 saturated heterocycles. The molecule has 1 aliphatic heterocycles. The van der Waals surface area contributed by atoms with Crippen LogP contribution in [0.2, 0.25) is 0 Å².